The third-order valence-electron chi connectivity index (χ3n) is 4.50. The maximum absolute atomic E-state index is 11.9. The van der Waals surface area contributed by atoms with E-state index in [4.69, 9.17) is 14.2 Å². The van der Waals surface area contributed by atoms with Crippen molar-refractivity contribution < 1.29 is 19.0 Å². The molecule has 1 fully saturated rings. The predicted molar refractivity (Wildman–Crippen MR) is 104 cm³/mol. The van der Waals surface area contributed by atoms with Crippen LogP contribution >= 0.6 is 0 Å². The quantitative estimate of drug-likeness (QED) is 0.800. The van der Waals surface area contributed by atoms with E-state index in [0.29, 0.717) is 24.9 Å². The van der Waals surface area contributed by atoms with Crippen LogP contribution in [0.3, 0.4) is 0 Å². The molecule has 2 unspecified atom stereocenters. The lowest BCUT2D eigenvalue weighted by Crippen LogP contribution is -2.43. The molecule has 1 amide bonds. The molecule has 1 aliphatic carbocycles. The van der Waals surface area contributed by atoms with Crippen molar-refractivity contribution in [1.82, 2.24) is 20.5 Å². The van der Waals surface area contributed by atoms with E-state index in [1.807, 2.05) is 32.9 Å². The number of nitrogens with one attached hydrogen (secondary N) is 2. The molecule has 1 aromatic rings. The Kier molecular flexibility index (Phi) is 6.51. The first-order chi connectivity index (χ1) is 13.3. The highest BCUT2D eigenvalue weighted by Gasteiger charge is 2.28. The number of nitrogens with zero attached hydrogens (tertiary/aromatic N) is 2. The smallest absolute Gasteiger partial charge is 0.407 e. The van der Waals surface area contributed by atoms with Gasteiger partial charge in [-0.05, 0) is 47.0 Å². The molecule has 2 aliphatic rings. The van der Waals surface area contributed by atoms with Gasteiger partial charge in [0.15, 0.2) is 11.6 Å². The number of allylic oxidation sites excluding steroid dienone is 2. The molecule has 1 aliphatic heterocycles. The Hall–Kier alpha value is -2.19. The molecule has 0 saturated carbocycles. The zero-order valence-electron chi connectivity index (χ0n) is 17.0. The maximum Gasteiger partial charge on any atom is 0.407 e. The summed E-state index contributed by atoms with van der Waals surface area (Å²) < 4.78 is 17.0. The molecule has 3 atom stereocenters. The highest BCUT2D eigenvalue weighted by Crippen LogP contribution is 2.26. The SMILES string of the molecule is CC1=CC=CC(OCc2nc([C@@H]3CCC(NC(=O)OC(C)(C)C)CO3)n[nH]2)C1. The van der Waals surface area contributed by atoms with Gasteiger partial charge in [0.05, 0.1) is 18.8 Å². The fraction of sp³-hybridized carbons (Fsp3) is 0.650. The molecule has 0 radical (unpaired) electrons. The summed E-state index contributed by atoms with van der Waals surface area (Å²) in [5, 5.41) is 10.0. The summed E-state index contributed by atoms with van der Waals surface area (Å²) in [4.78, 5) is 16.4. The summed E-state index contributed by atoms with van der Waals surface area (Å²) in [6.45, 7) is 8.40. The average molecular weight is 390 g/mol. The first-order valence-corrected chi connectivity index (χ1v) is 9.76. The molecule has 1 aromatic heterocycles. The van der Waals surface area contributed by atoms with Crippen LogP contribution in [-0.2, 0) is 20.8 Å². The molecule has 0 spiro atoms. The summed E-state index contributed by atoms with van der Waals surface area (Å²) in [6.07, 6.45) is 8.05. The van der Waals surface area contributed by atoms with E-state index in [1.165, 1.54) is 5.57 Å². The van der Waals surface area contributed by atoms with Gasteiger partial charge in [0, 0.05) is 0 Å². The van der Waals surface area contributed by atoms with E-state index < -0.39 is 11.7 Å². The standard InChI is InChI=1S/C20H30N4O4/c1-13-6-5-7-15(10-13)26-12-17-22-18(24-23-17)16-9-8-14(11-27-16)21-19(25)28-20(2,3)4/h5-7,14-16H,8-12H2,1-4H3,(H,21,25)(H,22,23,24)/t14?,15?,16-/m0/s1. The number of amides is 1. The summed E-state index contributed by atoms with van der Waals surface area (Å²) in [7, 11) is 0. The molecule has 0 aromatic carbocycles. The molecular formula is C20H30N4O4. The third-order valence-corrected chi connectivity index (χ3v) is 4.50. The average Bonchev–Trinajstić information content (AvgIpc) is 3.08. The van der Waals surface area contributed by atoms with Crippen LogP contribution in [0.2, 0.25) is 0 Å². The van der Waals surface area contributed by atoms with Crippen LogP contribution in [-0.4, -0.2) is 45.6 Å². The molecule has 28 heavy (non-hydrogen) atoms. The molecule has 0 bridgehead atoms. The van der Waals surface area contributed by atoms with Crippen LogP contribution in [0.15, 0.2) is 23.8 Å². The summed E-state index contributed by atoms with van der Waals surface area (Å²) in [5.41, 5.74) is 0.790. The van der Waals surface area contributed by atoms with Crippen LogP contribution in [0.5, 0.6) is 0 Å². The van der Waals surface area contributed by atoms with Gasteiger partial charge >= 0.3 is 6.09 Å². The Morgan fingerprint density at radius 1 is 1.39 bits per heavy atom. The van der Waals surface area contributed by atoms with Crippen LogP contribution in [0.25, 0.3) is 0 Å². The highest BCUT2D eigenvalue weighted by molar-refractivity contribution is 5.68. The van der Waals surface area contributed by atoms with Gasteiger partial charge in [-0.1, -0.05) is 23.8 Å². The van der Waals surface area contributed by atoms with Crippen molar-refractivity contribution >= 4 is 6.09 Å². The molecular weight excluding hydrogens is 360 g/mol. The largest absolute Gasteiger partial charge is 0.444 e. The van der Waals surface area contributed by atoms with Gasteiger partial charge in [-0.15, -0.1) is 0 Å². The normalized spacial score (nSPS) is 25.3. The number of ether oxygens (including phenoxy) is 3. The first-order valence-electron chi connectivity index (χ1n) is 9.76. The van der Waals surface area contributed by atoms with E-state index in [-0.39, 0.29) is 18.2 Å². The second kappa shape index (κ2) is 8.87. The Bertz CT molecular complexity index is 727. The van der Waals surface area contributed by atoms with Crippen molar-refractivity contribution in [2.45, 2.75) is 77.4 Å². The van der Waals surface area contributed by atoms with E-state index >= 15 is 0 Å². The monoisotopic (exact) mass is 390 g/mol. The van der Waals surface area contributed by atoms with Crippen molar-refractivity contribution in [2.24, 2.45) is 0 Å². The maximum atomic E-state index is 11.9. The van der Waals surface area contributed by atoms with Crippen LogP contribution in [0.4, 0.5) is 4.79 Å². The van der Waals surface area contributed by atoms with Gasteiger partial charge < -0.3 is 19.5 Å². The zero-order valence-corrected chi connectivity index (χ0v) is 17.0. The topological polar surface area (TPSA) is 98.4 Å². The lowest BCUT2D eigenvalue weighted by atomic mass is 10.0. The molecule has 154 valence electrons. The van der Waals surface area contributed by atoms with Gasteiger partial charge in [-0.2, -0.15) is 5.10 Å². The van der Waals surface area contributed by atoms with Crippen molar-refractivity contribution in [3.05, 3.63) is 35.4 Å². The van der Waals surface area contributed by atoms with Crippen LogP contribution < -0.4 is 5.32 Å². The van der Waals surface area contributed by atoms with Crippen molar-refractivity contribution in [3.8, 4) is 0 Å². The van der Waals surface area contributed by atoms with Gasteiger partial charge in [-0.3, -0.25) is 5.10 Å². The Morgan fingerprint density at radius 2 is 2.21 bits per heavy atom. The van der Waals surface area contributed by atoms with Gasteiger partial charge in [0.25, 0.3) is 0 Å². The number of H-pyrrole nitrogens is 1. The van der Waals surface area contributed by atoms with E-state index in [1.54, 1.807) is 0 Å². The molecule has 1 saturated heterocycles. The number of carbonyl (C=O) groups excluding carboxylic acids is 1. The highest BCUT2D eigenvalue weighted by atomic mass is 16.6. The molecule has 8 heteroatoms. The number of hydrogen-bond acceptors (Lipinski definition) is 6. The number of rotatable bonds is 5. The van der Waals surface area contributed by atoms with Crippen molar-refractivity contribution in [1.29, 1.82) is 0 Å². The zero-order chi connectivity index (χ0) is 20.1. The van der Waals surface area contributed by atoms with Crippen LogP contribution in [0, 0.1) is 0 Å². The fourth-order valence-corrected chi connectivity index (χ4v) is 3.16. The molecule has 2 N–H and O–H groups in total. The summed E-state index contributed by atoms with van der Waals surface area (Å²) >= 11 is 0. The first kappa shape index (κ1) is 20.5. The predicted octanol–water partition coefficient (Wildman–Crippen LogP) is 3.34. The number of aromatic amines is 1. The van der Waals surface area contributed by atoms with E-state index in [2.05, 4.69) is 33.5 Å². The third kappa shape index (κ3) is 6.17. The lowest BCUT2D eigenvalue weighted by molar-refractivity contribution is -0.0134. The van der Waals surface area contributed by atoms with Gasteiger partial charge in [0.2, 0.25) is 0 Å². The van der Waals surface area contributed by atoms with Crippen molar-refractivity contribution in [3.63, 3.8) is 0 Å². The summed E-state index contributed by atoms with van der Waals surface area (Å²) in [5.74, 6) is 1.32. The minimum atomic E-state index is -0.512. The molecule has 2 heterocycles. The Balaban J connectivity index is 1.42. The molecule has 8 nitrogen and oxygen atoms in total. The van der Waals surface area contributed by atoms with E-state index in [9.17, 15) is 4.79 Å². The number of hydrogen-bond donors (Lipinski definition) is 2. The Labute approximate surface area is 165 Å². The minimum absolute atomic E-state index is 0.0674. The Morgan fingerprint density at radius 3 is 2.89 bits per heavy atom. The van der Waals surface area contributed by atoms with Crippen LogP contribution in [0.1, 0.15) is 64.7 Å². The number of aromatic nitrogens is 3. The van der Waals surface area contributed by atoms with Crippen molar-refractivity contribution in [2.75, 3.05) is 6.61 Å². The second-order valence-electron chi connectivity index (χ2n) is 8.33. The number of alkyl carbamates (subject to hydrolysis) is 1. The van der Waals surface area contributed by atoms with Gasteiger partial charge in [-0.25, -0.2) is 9.78 Å². The van der Waals surface area contributed by atoms with Gasteiger partial charge in [0.1, 0.15) is 18.3 Å². The lowest BCUT2D eigenvalue weighted by Gasteiger charge is -2.29. The van der Waals surface area contributed by atoms with E-state index in [0.717, 1.165) is 19.3 Å². The number of carbonyl (C=O) groups is 1. The second-order valence-corrected chi connectivity index (χ2v) is 8.33. The molecule has 3 rings (SSSR count). The fourth-order valence-electron chi connectivity index (χ4n) is 3.16. The minimum Gasteiger partial charge on any atom is -0.444 e. The summed E-state index contributed by atoms with van der Waals surface area (Å²) in [6, 6.07) is -0.0674.